The van der Waals surface area contributed by atoms with Gasteiger partial charge in [-0.3, -0.25) is 14.5 Å². The van der Waals surface area contributed by atoms with Crippen molar-refractivity contribution in [1.82, 2.24) is 0 Å². The van der Waals surface area contributed by atoms with Gasteiger partial charge in [0.15, 0.2) is 0 Å². The Bertz CT molecular complexity index is 373. The lowest BCUT2D eigenvalue weighted by molar-refractivity contribution is -0.124. The van der Waals surface area contributed by atoms with Crippen molar-refractivity contribution >= 4 is 17.5 Å². The quantitative estimate of drug-likeness (QED) is 0.739. The van der Waals surface area contributed by atoms with Crippen molar-refractivity contribution in [3.8, 4) is 5.75 Å². The highest BCUT2D eigenvalue weighted by Crippen LogP contribution is 2.21. The van der Waals surface area contributed by atoms with E-state index in [0.717, 1.165) is 4.90 Å². The topological polar surface area (TPSA) is 46.6 Å². The number of ether oxygens (including phenoxy) is 1. The van der Waals surface area contributed by atoms with Gasteiger partial charge in [-0.2, -0.15) is 0 Å². The Labute approximate surface area is 88.5 Å². The minimum absolute atomic E-state index is 0.309. The average molecular weight is 207 g/mol. The molecule has 0 heterocycles. The summed E-state index contributed by atoms with van der Waals surface area (Å²) in [5, 5.41) is 0. The number of carbonyl (C=O) groups excluding carboxylic acids is 2. The van der Waals surface area contributed by atoms with E-state index in [1.165, 1.54) is 21.0 Å². The molecule has 0 unspecified atom stereocenters. The van der Waals surface area contributed by atoms with Gasteiger partial charge in [-0.15, -0.1) is 0 Å². The monoisotopic (exact) mass is 207 g/mol. The second kappa shape index (κ2) is 4.59. The molecule has 0 radical (unpaired) electrons. The Kier molecular flexibility index (Phi) is 3.44. The van der Waals surface area contributed by atoms with Crippen LogP contribution < -0.4 is 9.64 Å². The van der Waals surface area contributed by atoms with Crippen molar-refractivity contribution in [2.24, 2.45) is 0 Å². The maximum atomic E-state index is 11.2. The summed E-state index contributed by atoms with van der Waals surface area (Å²) in [7, 11) is 1.53. The van der Waals surface area contributed by atoms with E-state index in [1.54, 1.807) is 24.3 Å². The fourth-order valence-electron chi connectivity index (χ4n) is 1.33. The van der Waals surface area contributed by atoms with Gasteiger partial charge in [0.1, 0.15) is 5.75 Å². The molecule has 0 saturated carbocycles. The molecule has 0 N–H and O–H groups in total. The van der Waals surface area contributed by atoms with E-state index in [2.05, 4.69) is 0 Å². The Morgan fingerprint density at radius 1 is 1.20 bits per heavy atom. The second-order valence-electron chi connectivity index (χ2n) is 3.07. The molecule has 0 aliphatic carbocycles. The third kappa shape index (κ3) is 2.56. The molecule has 0 aliphatic rings. The van der Waals surface area contributed by atoms with Crippen molar-refractivity contribution in [3.05, 3.63) is 24.3 Å². The third-order valence-corrected chi connectivity index (χ3v) is 1.94. The van der Waals surface area contributed by atoms with Crippen molar-refractivity contribution in [1.29, 1.82) is 0 Å². The third-order valence-electron chi connectivity index (χ3n) is 1.94. The van der Waals surface area contributed by atoms with Gasteiger partial charge in [-0.25, -0.2) is 0 Å². The van der Waals surface area contributed by atoms with Crippen LogP contribution in [0.2, 0.25) is 0 Å². The van der Waals surface area contributed by atoms with Crippen LogP contribution in [0.5, 0.6) is 5.75 Å². The average Bonchev–Trinajstić information content (AvgIpc) is 2.17. The SMILES string of the molecule is COc1cccc(N(C(C)=O)C(C)=O)c1. The Hall–Kier alpha value is -1.84. The summed E-state index contributed by atoms with van der Waals surface area (Å²) in [6, 6.07) is 6.81. The summed E-state index contributed by atoms with van der Waals surface area (Å²) in [6.45, 7) is 2.70. The molecule has 0 aliphatic heterocycles. The van der Waals surface area contributed by atoms with Crippen LogP contribution in [0.4, 0.5) is 5.69 Å². The number of methoxy groups -OCH3 is 1. The summed E-state index contributed by atoms with van der Waals surface area (Å²) < 4.78 is 5.02. The van der Waals surface area contributed by atoms with Gasteiger partial charge in [-0.1, -0.05) is 6.07 Å². The number of amides is 2. The van der Waals surface area contributed by atoms with E-state index in [4.69, 9.17) is 4.74 Å². The first-order valence-corrected chi connectivity index (χ1v) is 4.51. The first kappa shape index (κ1) is 11.2. The van der Waals surface area contributed by atoms with Crippen molar-refractivity contribution in [2.45, 2.75) is 13.8 Å². The number of anilines is 1. The van der Waals surface area contributed by atoms with Crippen LogP contribution in [-0.4, -0.2) is 18.9 Å². The van der Waals surface area contributed by atoms with Gasteiger partial charge < -0.3 is 4.74 Å². The van der Waals surface area contributed by atoms with Crippen LogP contribution in [0.15, 0.2) is 24.3 Å². The van der Waals surface area contributed by atoms with E-state index < -0.39 is 0 Å². The molecular formula is C11H13NO3. The van der Waals surface area contributed by atoms with Crippen LogP contribution >= 0.6 is 0 Å². The summed E-state index contributed by atoms with van der Waals surface area (Å²) in [5.41, 5.74) is 0.523. The molecule has 1 rings (SSSR count). The van der Waals surface area contributed by atoms with E-state index in [0.29, 0.717) is 11.4 Å². The number of imide groups is 1. The zero-order valence-electron chi connectivity index (χ0n) is 8.98. The second-order valence-corrected chi connectivity index (χ2v) is 3.07. The molecule has 4 nitrogen and oxygen atoms in total. The fraction of sp³-hybridized carbons (Fsp3) is 0.273. The van der Waals surface area contributed by atoms with Crippen molar-refractivity contribution in [2.75, 3.05) is 12.0 Å². The van der Waals surface area contributed by atoms with Crippen LogP contribution in [-0.2, 0) is 9.59 Å². The highest BCUT2D eigenvalue weighted by molar-refractivity contribution is 6.13. The largest absolute Gasteiger partial charge is 0.497 e. The van der Waals surface area contributed by atoms with Crippen LogP contribution in [0.1, 0.15) is 13.8 Å². The Balaban J connectivity index is 3.11. The summed E-state index contributed by atoms with van der Waals surface area (Å²) in [5.74, 6) is -0.00786. The van der Waals surface area contributed by atoms with Crippen LogP contribution in [0, 0.1) is 0 Å². The smallest absolute Gasteiger partial charge is 0.230 e. The maximum Gasteiger partial charge on any atom is 0.230 e. The van der Waals surface area contributed by atoms with Gasteiger partial charge in [0.25, 0.3) is 0 Å². The molecule has 0 saturated heterocycles. The Morgan fingerprint density at radius 2 is 1.80 bits per heavy atom. The lowest BCUT2D eigenvalue weighted by Gasteiger charge is -2.17. The standard InChI is InChI=1S/C11H13NO3/c1-8(13)12(9(2)14)10-5-4-6-11(7-10)15-3/h4-7H,1-3H3. The molecule has 4 heteroatoms. The van der Waals surface area contributed by atoms with Crippen LogP contribution in [0.25, 0.3) is 0 Å². The number of nitrogens with zero attached hydrogens (tertiary/aromatic N) is 1. The first-order valence-electron chi connectivity index (χ1n) is 4.51. The predicted octanol–water partition coefficient (Wildman–Crippen LogP) is 1.59. The van der Waals surface area contributed by atoms with Crippen LogP contribution in [0.3, 0.4) is 0 Å². The molecule has 80 valence electrons. The molecule has 0 aromatic heterocycles. The van der Waals surface area contributed by atoms with E-state index in [1.807, 2.05) is 0 Å². The molecule has 1 aromatic rings. The molecular weight excluding hydrogens is 194 g/mol. The van der Waals surface area contributed by atoms with Gasteiger partial charge in [-0.05, 0) is 12.1 Å². The zero-order chi connectivity index (χ0) is 11.4. The molecule has 0 atom stereocenters. The first-order chi connectivity index (χ1) is 7.06. The van der Waals surface area contributed by atoms with E-state index in [9.17, 15) is 9.59 Å². The van der Waals surface area contributed by atoms with Gasteiger partial charge in [0, 0.05) is 19.9 Å². The van der Waals surface area contributed by atoms with Crippen molar-refractivity contribution in [3.63, 3.8) is 0 Å². The summed E-state index contributed by atoms with van der Waals surface area (Å²) >= 11 is 0. The lowest BCUT2D eigenvalue weighted by Crippen LogP contribution is -2.32. The molecule has 15 heavy (non-hydrogen) atoms. The van der Waals surface area contributed by atoms with Gasteiger partial charge in [0.2, 0.25) is 11.8 Å². The number of hydrogen-bond donors (Lipinski definition) is 0. The van der Waals surface area contributed by atoms with E-state index in [-0.39, 0.29) is 11.8 Å². The van der Waals surface area contributed by atoms with E-state index >= 15 is 0 Å². The molecule has 0 spiro atoms. The predicted molar refractivity (Wildman–Crippen MR) is 56.8 cm³/mol. The minimum Gasteiger partial charge on any atom is -0.497 e. The molecule has 1 aromatic carbocycles. The van der Waals surface area contributed by atoms with Gasteiger partial charge in [0.05, 0.1) is 12.8 Å². The number of carbonyl (C=O) groups is 2. The molecule has 0 bridgehead atoms. The number of rotatable bonds is 2. The zero-order valence-corrected chi connectivity index (χ0v) is 8.98. The number of hydrogen-bond acceptors (Lipinski definition) is 3. The minimum atomic E-state index is -0.309. The maximum absolute atomic E-state index is 11.2. The highest BCUT2D eigenvalue weighted by Gasteiger charge is 2.16. The lowest BCUT2D eigenvalue weighted by atomic mass is 10.2. The Morgan fingerprint density at radius 3 is 2.27 bits per heavy atom. The fourth-order valence-corrected chi connectivity index (χ4v) is 1.33. The molecule has 2 amide bonds. The molecule has 0 fully saturated rings. The summed E-state index contributed by atoms with van der Waals surface area (Å²) in [6.07, 6.45) is 0. The van der Waals surface area contributed by atoms with Gasteiger partial charge >= 0.3 is 0 Å². The number of benzene rings is 1. The highest BCUT2D eigenvalue weighted by atomic mass is 16.5. The normalized spacial score (nSPS) is 9.53. The summed E-state index contributed by atoms with van der Waals surface area (Å²) in [4.78, 5) is 23.6. The van der Waals surface area contributed by atoms with Crippen molar-refractivity contribution < 1.29 is 14.3 Å².